The summed E-state index contributed by atoms with van der Waals surface area (Å²) >= 11 is 5.19. The van der Waals surface area contributed by atoms with Gasteiger partial charge < -0.3 is 19.3 Å². The van der Waals surface area contributed by atoms with Crippen molar-refractivity contribution in [3.63, 3.8) is 0 Å². The quantitative estimate of drug-likeness (QED) is 0.586. The molecule has 0 saturated carbocycles. The maximum atomic E-state index is 12.9. The molecule has 1 aliphatic heterocycles. The summed E-state index contributed by atoms with van der Waals surface area (Å²) < 4.78 is 12.8. The molecule has 0 N–H and O–H groups in total. The van der Waals surface area contributed by atoms with Crippen LogP contribution in [0.2, 0.25) is 0 Å². The highest BCUT2D eigenvalue weighted by atomic mass is 79.9. The van der Waals surface area contributed by atoms with E-state index in [0.29, 0.717) is 30.2 Å². The molecule has 0 bridgehead atoms. The molecule has 146 valence electrons. The molecule has 1 amide bonds. The smallest absolute Gasteiger partial charge is 0.254 e. The molecule has 1 fully saturated rings. The molecule has 0 radical (unpaired) electrons. The minimum Gasteiger partial charge on any atom is -0.493 e. The Bertz CT molecular complexity index is 1020. The van der Waals surface area contributed by atoms with E-state index >= 15 is 0 Å². The number of piperazine rings is 1. The van der Waals surface area contributed by atoms with Gasteiger partial charge in [0, 0.05) is 36.2 Å². The van der Waals surface area contributed by atoms with Gasteiger partial charge in [0.1, 0.15) is 0 Å². The van der Waals surface area contributed by atoms with E-state index < -0.39 is 0 Å². The lowest BCUT2D eigenvalue weighted by Gasteiger charge is -2.34. The molecule has 4 rings (SSSR count). The lowest BCUT2D eigenvalue weighted by Crippen LogP contribution is -2.48. The van der Waals surface area contributed by atoms with Crippen molar-refractivity contribution in [2.45, 2.75) is 0 Å². The highest BCUT2D eigenvalue weighted by Gasteiger charge is 2.24. The van der Waals surface area contributed by atoms with Crippen LogP contribution in [0.15, 0.2) is 40.9 Å². The third-order valence-electron chi connectivity index (χ3n) is 4.81. The minimum absolute atomic E-state index is 0.00818. The van der Waals surface area contributed by atoms with Crippen molar-refractivity contribution < 1.29 is 14.3 Å². The number of benzene rings is 2. The second kappa shape index (κ2) is 7.97. The van der Waals surface area contributed by atoms with Crippen LogP contribution in [0.4, 0.5) is 5.13 Å². The monoisotopic (exact) mass is 461 g/mol. The van der Waals surface area contributed by atoms with E-state index in [1.165, 1.54) is 0 Å². The molecule has 1 saturated heterocycles. The Morgan fingerprint density at radius 2 is 1.79 bits per heavy atom. The summed E-state index contributed by atoms with van der Waals surface area (Å²) in [6.45, 7) is 2.85. The molecule has 2 heterocycles. The van der Waals surface area contributed by atoms with Crippen molar-refractivity contribution in [1.82, 2.24) is 9.88 Å². The molecule has 28 heavy (non-hydrogen) atoms. The van der Waals surface area contributed by atoms with E-state index in [1.807, 2.05) is 17.0 Å². The van der Waals surface area contributed by atoms with Gasteiger partial charge in [-0.2, -0.15) is 0 Å². The summed E-state index contributed by atoms with van der Waals surface area (Å²) in [5.74, 6) is 1.19. The number of carbonyl (C=O) groups excluding carboxylic acids is 1. The van der Waals surface area contributed by atoms with Crippen LogP contribution in [0.3, 0.4) is 0 Å². The van der Waals surface area contributed by atoms with Gasteiger partial charge >= 0.3 is 0 Å². The largest absolute Gasteiger partial charge is 0.493 e. The zero-order valence-corrected chi connectivity index (χ0v) is 18.0. The van der Waals surface area contributed by atoms with Crippen molar-refractivity contribution >= 4 is 48.5 Å². The van der Waals surface area contributed by atoms with Gasteiger partial charge in [0.2, 0.25) is 0 Å². The third kappa shape index (κ3) is 3.66. The molecule has 0 unspecified atom stereocenters. The van der Waals surface area contributed by atoms with Crippen molar-refractivity contribution in [1.29, 1.82) is 0 Å². The molecular weight excluding hydrogens is 442 g/mol. The number of ether oxygens (including phenoxy) is 2. The number of fused-ring (bicyclic) bond motifs is 1. The van der Waals surface area contributed by atoms with Crippen LogP contribution in [0, 0.1) is 0 Å². The van der Waals surface area contributed by atoms with Crippen LogP contribution < -0.4 is 14.4 Å². The molecule has 6 nitrogen and oxygen atoms in total. The number of thiazole rings is 1. The molecular formula is C20H20BrN3O3S. The fourth-order valence-corrected chi connectivity index (χ4v) is 4.84. The van der Waals surface area contributed by atoms with Gasteiger partial charge in [-0.05, 0) is 36.4 Å². The third-order valence-corrected chi connectivity index (χ3v) is 6.38. The second-order valence-electron chi connectivity index (χ2n) is 6.46. The first kappa shape index (κ1) is 19.0. The summed E-state index contributed by atoms with van der Waals surface area (Å²) in [5.41, 5.74) is 1.61. The van der Waals surface area contributed by atoms with Crippen molar-refractivity contribution in [2.24, 2.45) is 0 Å². The van der Waals surface area contributed by atoms with E-state index in [-0.39, 0.29) is 5.91 Å². The Hall–Kier alpha value is -2.32. The molecule has 2 aromatic carbocycles. The maximum Gasteiger partial charge on any atom is 0.254 e. The summed E-state index contributed by atoms with van der Waals surface area (Å²) in [6, 6.07) is 11.4. The molecule has 0 aliphatic carbocycles. The number of rotatable bonds is 4. The Morgan fingerprint density at radius 1 is 1.04 bits per heavy atom. The summed E-state index contributed by atoms with van der Waals surface area (Å²) in [7, 11) is 3.15. The lowest BCUT2D eigenvalue weighted by molar-refractivity contribution is 0.0746. The molecule has 3 aromatic rings. The highest BCUT2D eigenvalue weighted by Crippen LogP contribution is 2.32. The van der Waals surface area contributed by atoms with Gasteiger partial charge in [0.15, 0.2) is 16.6 Å². The first-order valence-corrected chi connectivity index (χ1v) is 10.5. The standard InChI is InChI=1S/C20H20BrN3O3S/c1-26-16-6-3-13(11-17(16)27-2)19(25)23-7-9-24(10-8-23)20-22-15-5-4-14(21)12-18(15)28-20/h3-6,11-12H,7-10H2,1-2H3. The number of methoxy groups -OCH3 is 2. The second-order valence-corrected chi connectivity index (χ2v) is 8.38. The number of halogens is 1. The Balaban J connectivity index is 1.45. The average Bonchev–Trinajstić information content (AvgIpc) is 3.16. The van der Waals surface area contributed by atoms with Crippen molar-refractivity contribution in [3.8, 4) is 11.5 Å². The predicted molar refractivity (Wildman–Crippen MR) is 115 cm³/mol. The van der Waals surface area contributed by atoms with E-state index in [4.69, 9.17) is 14.5 Å². The number of hydrogen-bond donors (Lipinski definition) is 0. The highest BCUT2D eigenvalue weighted by molar-refractivity contribution is 9.10. The number of nitrogens with zero attached hydrogens (tertiary/aromatic N) is 3. The number of amides is 1. The predicted octanol–water partition coefficient (Wildman–Crippen LogP) is 4.04. The van der Waals surface area contributed by atoms with Gasteiger partial charge in [-0.3, -0.25) is 4.79 Å². The van der Waals surface area contributed by atoms with Crippen LogP contribution in [-0.2, 0) is 0 Å². The Kier molecular flexibility index (Phi) is 5.41. The molecule has 0 atom stereocenters. The van der Waals surface area contributed by atoms with E-state index in [0.717, 1.165) is 32.9 Å². The number of anilines is 1. The zero-order valence-electron chi connectivity index (χ0n) is 15.6. The van der Waals surface area contributed by atoms with Gasteiger partial charge in [-0.25, -0.2) is 4.98 Å². The fourth-order valence-electron chi connectivity index (χ4n) is 3.27. The summed E-state index contributed by atoms with van der Waals surface area (Å²) in [5, 5.41) is 1.01. The van der Waals surface area contributed by atoms with Crippen LogP contribution in [0.5, 0.6) is 11.5 Å². The lowest BCUT2D eigenvalue weighted by atomic mass is 10.1. The van der Waals surface area contributed by atoms with Crippen LogP contribution in [-0.4, -0.2) is 56.2 Å². The molecule has 1 aromatic heterocycles. The zero-order chi connectivity index (χ0) is 19.7. The SMILES string of the molecule is COc1ccc(C(=O)N2CCN(c3nc4ccc(Br)cc4s3)CC2)cc1OC. The van der Waals surface area contributed by atoms with Crippen molar-refractivity contribution in [2.75, 3.05) is 45.3 Å². The first-order valence-electron chi connectivity index (χ1n) is 8.91. The minimum atomic E-state index is 0.00818. The molecule has 1 aliphatic rings. The Labute approximate surface area is 175 Å². The fraction of sp³-hybridized carbons (Fsp3) is 0.300. The number of hydrogen-bond acceptors (Lipinski definition) is 6. The first-order chi connectivity index (χ1) is 13.6. The number of carbonyl (C=O) groups is 1. The normalized spacial score (nSPS) is 14.4. The molecule has 0 spiro atoms. The Morgan fingerprint density at radius 3 is 2.50 bits per heavy atom. The average molecular weight is 462 g/mol. The number of aromatic nitrogens is 1. The van der Waals surface area contributed by atoms with Gasteiger partial charge in [-0.1, -0.05) is 27.3 Å². The maximum absolute atomic E-state index is 12.9. The molecule has 8 heteroatoms. The summed E-state index contributed by atoms with van der Waals surface area (Å²) in [6.07, 6.45) is 0. The van der Waals surface area contributed by atoms with E-state index in [1.54, 1.807) is 43.8 Å². The van der Waals surface area contributed by atoms with Crippen LogP contribution in [0.25, 0.3) is 10.2 Å². The van der Waals surface area contributed by atoms with Crippen LogP contribution in [0.1, 0.15) is 10.4 Å². The van der Waals surface area contributed by atoms with Gasteiger partial charge in [0.05, 0.1) is 24.4 Å². The van der Waals surface area contributed by atoms with E-state index in [9.17, 15) is 4.79 Å². The van der Waals surface area contributed by atoms with Crippen molar-refractivity contribution in [3.05, 3.63) is 46.4 Å². The van der Waals surface area contributed by atoms with Crippen LogP contribution >= 0.6 is 27.3 Å². The summed E-state index contributed by atoms with van der Waals surface area (Å²) in [4.78, 5) is 21.7. The van der Waals surface area contributed by atoms with Gasteiger partial charge in [-0.15, -0.1) is 0 Å². The topological polar surface area (TPSA) is 54.9 Å². The van der Waals surface area contributed by atoms with E-state index in [2.05, 4.69) is 26.9 Å². The van der Waals surface area contributed by atoms with Gasteiger partial charge in [0.25, 0.3) is 5.91 Å².